The molecule has 5 rings (SSSR count). The first-order chi connectivity index (χ1) is 10.1. The molecule has 7 heteroatoms. The minimum atomic E-state index is -1.47. The number of epoxide rings is 1. The third-order valence-electron chi connectivity index (χ3n) is 6.85. The molecule has 1 spiro atoms. The van der Waals surface area contributed by atoms with Crippen molar-refractivity contribution in [3.63, 3.8) is 0 Å². The summed E-state index contributed by atoms with van der Waals surface area (Å²) in [5.74, 6) is -2.51. The van der Waals surface area contributed by atoms with Crippen molar-refractivity contribution in [2.45, 2.75) is 62.3 Å². The van der Waals surface area contributed by atoms with Gasteiger partial charge in [0.25, 0.3) is 0 Å². The van der Waals surface area contributed by atoms with E-state index in [1.807, 2.05) is 0 Å². The number of aliphatic hydroxyl groups is 2. The number of hydrogen-bond donors (Lipinski definition) is 2. The quantitative estimate of drug-likeness (QED) is 0.479. The predicted molar refractivity (Wildman–Crippen MR) is 68.3 cm³/mol. The van der Waals surface area contributed by atoms with Crippen molar-refractivity contribution in [3.05, 3.63) is 0 Å². The molecule has 0 radical (unpaired) electrons. The number of fused-ring (bicyclic) bond motifs is 4. The Morgan fingerprint density at radius 1 is 1.27 bits per heavy atom. The Kier molecular flexibility index (Phi) is 1.85. The highest BCUT2D eigenvalue weighted by Crippen LogP contribution is 2.77. The lowest BCUT2D eigenvalue weighted by Crippen LogP contribution is -2.68. The van der Waals surface area contributed by atoms with E-state index >= 15 is 0 Å². The average Bonchev–Trinajstić information content (AvgIpc) is 2.85. The molecular formula is C15H18O7. The van der Waals surface area contributed by atoms with E-state index in [2.05, 4.69) is 0 Å². The Morgan fingerprint density at radius 2 is 1.95 bits per heavy atom. The second-order valence-electron chi connectivity index (χ2n) is 8.06. The molecule has 5 aliphatic rings. The SMILES string of the molecule is CC(C)(O)[C@@H]1[C@H]2OC(=O)[C@@H]1[C@]1(O)C[C@@H]3O[C@]34C(=O)O[C@H]2[C@]14C. The molecule has 0 aromatic rings. The summed E-state index contributed by atoms with van der Waals surface area (Å²) in [6.45, 7) is 4.92. The van der Waals surface area contributed by atoms with Crippen LogP contribution >= 0.6 is 0 Å². The van der Waals surface area contributed by atoms with Crippen molar-refractivity contribution in [2.75, 3.05) is 0 Å². The van der Waals surface area contributed by atoms with Crippen LogP contribution in [0.3, 0.4) is 0 Å². The first-order valence-electron chi connectivity index (χ1n) is 7.63. The molecule has 5 fully saturated rings. The highest BCUT2D eigenvalue weighted by atomic mass is 16.7. The zero-order chi connectivity index (χ0) is 15.9. The second-order valence-corrected chi connectivity index (χ2v) is 8.06. The maximum absolute atomic E-state index is 12.4. The summed E-state index contributed by atoms with van der Waals surface area (Å²) in [7, 11) is 0. The topological polar surface area (TPSA) is 106 Å². The standard InChI is InChI=1S/C15H18O7/c1-12(2,18)6-7-10(16)20-8(6)9-13(3)14(7,19)4-5-15(13,22-5)11(17)21-9/h5-9,18-19H,4H2,1-3H3/t5-,6-,7+,8+,9+,13+,14+,15-/m0/s1. The number of carbonyl (C=O) groups is 2. The fourth-order valence-corrected chi connectivity index (χ4v) is 5.83. The molecule has 2 saturated carbocycles. The van der Waals surface area contributed by atoms with E-state index in [1.165, 1.54) is 0 Å². The third-order valence-corrected chi connectivity index (χ3v) is 6.85. The molecule has 3 aliphatic heterocycles. The molecule has 22 heavy (non-hydrogen) atoms. The zero-order valence-corrected chi connectivity index (χ0v) is 12.5. The van der Waals surface area contributed by atoms with Crippen molar-refractivity contribution < 1.29 is 34.0 Å². The van der Waals surface area contributed by atoms with Gasteiger partial charge in [0.15, 0.2) is 6.10 Å². The monoisotopic (exact) mass is 310 g/mol. The van der Waals surface area contributed by atoms with Crippen LogP contribution in [0.1, 0.15) is 27.2 Å². The van der Waals surface area contributed by atoms with E-state index in [0.717, 1.165) is 0 Å². The van der Waals surface area contributed by atoms with E-state index in [0.29, 0.717) is 0 Å². The van der Waals surface area contributed by atoms with Crippen LogP contribution in [0.5, 0.6) is 0 Å². The Balaban J connectivity index is 1.76. The van der Waals surface area contributed by atoms with Gasteiger partial charge in [-0.15, -0.1) is 0 Å². The van der Waals surface area contributed by atoms with Crippen molar-refractivity contribution in [1.29, 1.82) is 0 Å². The van der Waals surface area contributed by atoms with Gasteiger partial charge in [0.05, 0.1) is 22.5 Å². The summed E-state index contributed by atoms with van der Waals surface area (Å²) in [6.07, 6.45) is -1.78. The van der Waals surface area contributed by atoms with Crippen LogP contribution < -0.4 is 0 Å². The van der Waals surface area contributed by atoms with Crippen LogP contribution in [0.2, 0.25) is 0 Å². The van der Waals surface area contributed by atoms with Gasteiger partial charge in [-0.2, -0.15) is 0 Å². The minimum absolute atomic E-state index is 0.189. The number of ether oxygens (including phenoxy) is 3. The first kappa shape index (κ1) is 13.3. The molecule has 3 heterocycles. The number of carbonyl (C=O) groups excluding carboxylic acids is 2. The van der Waals surface area contributed by atoms with Gasteiger partial charge in [-0.25, -0.2) is 4.79 Å². The van der Waals surface area contributed by atoms with E-state index < -0.39 is 64.3 Å². The van der Waals surface area contributed by atoms with Gasteiger partial charge in [0.2, 0.25) is 5.60 Å². The van der Waals surface area contributed by atoms with Crippen LogP contribution in [0.4, 0.5) is 0 Å². The van der Waals surface area contributed by atoms with E-state index in [1.54, 1.807) is 20.8 Å². The molecule has 2 N–H and O–H groups in total. The van der Waals surface area contributed by atoms with Gasteiger partial charge >= 0.3 is 11.9 Å². The summed E-state index contributed by atoms with van der Waals surface area (Å²) in [4.78, 5) is 24.8. The third kappa shape index (κ3) is 0.962. The van der Waals surface area contributed by atoms with Gasteiger partial charge in [0, 0.05) is 12.3 Å². The number of hydrogen-bond acceptors (Lipinski definition) is 7. The molecule has 2 bridgehead atoms. The van der Waals surface area contributed by atoms with Gasteiger partial charge < -0.3 is 24.4 Å². The van der Waals surface area contributed by atoms with Crippen molar-refractivity contribution >= 4 is 11.9 Å². The fourth-order valence-electron chi connectivity index (χ4n) is 5.83. The fraction of sp³-hybridized carbons (Fsp3) is 0.867. The lowest BCUT2D eigenvalue weighted by Gasteiger charge is -2.53. The Labute approximate surface area is 126 Å². The summed E-state index contributed by atoms with van der Waals surface area (Å²) in [5, 5.41) is 21.9. The summed E-state index contributed by atoms with van der Waals surface area (Å²) in [5.41, 5.74) is -4.89. The van der Waals surface area contributed by atoms with Gasteiger partial charge in [-0.05, 0) is 20.8 Å². The van der Waals surface area contributed by atoms with Crippen LogP contribution in [0.15, 0.2) is 0 Å². The largest absolute Gasteiger partial charge is 0.458 e. The smallest absolute Gasteiger partial charge is 0.342 e. The maximum Gasteiger partial charge on any atom is 0.342 e. The van der Waals surface area contributed by atoms with Gasteiger partial charge in [0.1, 0.15) is 12.2 Å². The normalized spacial score (nSPS) is 60.7. The summed E-state index contributed by atoms with van der Waals surface area (Å²) < 4.78 is 16.5. The van der Waals surface area contributed by atoms with E-state index in [4.69, 9.17) is 14.2 Å². The van der Waals surface area contributed by atoms with Crippen LogP contribution in [0.25, 0.3) is 0 Å². The Bertz CT molecular complexity index is 638. The number of esters is 2. The molecule has 0 amide bonds. The molecular weight excluding hydrogens is 292 g/mol. The van der Waals surface area contributed by atoms with Gasteiger partial charge in [-0.3, -0.25) is 4.79 Å². The molecule has 3 saturated heterocycles. The van der Waals surface area contributed by atoms with Crippen LogP contribution in [0, 0.1) is 17.3 Å². The second kappa shape index (κ2) is 3.07. The molecule has 0 unspecified atom stereocenters. The highest BCUT2D eigenvalue weighted by Gasteiger charge is 2.95. The van der Waals surface area contributed by atoms with Crippen LogP contribution in [-0.2, 0) is 23.8 Å². The van der Waals surface area contributed by atoms with E-state index in [-0.39, 0.29) is 6.42 Å². The Hall–Kier alpha value is -1.18. The minimum Gasteiger partial charge on any atom is -0.458 e. The lowest BCUT2D eigenvalue weighted by atomic mass is 9.52. The zero-order valence-electron chi connectivity index (χ0n) is 12.5. The maximum atomic E-state index is 12.4. The van der Waals surface area contributed by atoms with Crippen molar-refractivity contribution in [1.82, 2.24) is 0 Å². The highest BCUT2D eigenvalue weighted by molar-refractivity contribution is 5.91. The molecule has 2 aliphatic carbocycles. The molecule has 8 atom stereocenters. The molecule has 120 valence electrons. The average molecular weight is 310 g/mol. The Morgan fingerprint density at radius 3 is 2.59 bits per heavy atom. The van der Waals surface area contributed by atoms with Crippen molar-refractivity contribution in [3.8, 4) is 0 Å². The predicted octanol–water partition coefficient (Wildman–Crippen LogP) is -0.867. The lowest BCUT2D eigenvalue weighted by molar-refractivity contribution is -0.223. The number of rotatable bonds is 1. The van der Waals surface area contributed by atoms with Crippen molar-refractivity contribution in [2.24, 2.45) is 17.3 Å². The summed E-state index contributed by atoms with van der Waals surface area (Å²) >= 11 is 0. The molecule has 0 aromatic heterocycles. The first-order valence-corrected chi connectivity index (χ1v) is 7.63. The molecule has 7 nitrogen and oxygen atoms in total. The van der Waals surface area contributed by atoms with E-state index in [9.17, 15) is 19.8 Å². The summed E-state index contributed by atoms with van der Waals surface area (Å²) in [6, 6.07) is 0. The van der Waals surface area contributed by atoms with Gasteiger partial charge in [-0.1, -0.05) is 0 Å². The van der Waals surface area contributed by atoms with Crippen LogP contribution in [-0.4, -0.2) is 57.3 Å². The molecule has 0 aromatic carbocycles.